The molecular weight excluding hydrogens is 216 g/mol. The van der Waals surface area contributed by atoms with Gasteiger partial charge in [0.25, 0.3) is 0 Å². The Hall–Kier alpha value is -0.830. The lowest BCUT2D eigenvalue weighted by Crippen LogP contribution is -1.86. The van der Waals surface area contributed by atoms with Crippen LogP contribution in [0.25, 0.3) is 0 Å². The maximum absolute atomic E-state index is 5.62. The first-order valence-corrected chi connectivity index (χ1v) is 6.92. The first-order chi connectivity index (χ1) is 7.83. The first-order valence-electron chi connectivity index (χ1n) is 6.15. The molecule has 1 aromatic rings. The number of hydrogen-bond donors (Lipinski definition) is 1. The molecule has 0 aliphatic heterocycles. The predicted molar refractivity (Wildman–Crippen MR) is 72.7 cm³/mol. The molecule has 1 aromatic heterocycles. The molecule has 2 N–H and O–H groups in total. The molecule has 1 rings (SSSR count). The number of anilines is 1. The van der Waals surface area contributed by atoms with Crippen LogP contribution >= 0.6 is 11.5 Å². The summed E-state index contributed by atoms with van der Waals surface area (Å²) in [5.74, 6) is 0. The van der Waals surface area contributed by atoms with E-state index in [4.69, 9.17) is 5.73 Å². The SMILES string of the molecule is C=CCCCCCCCCc1cc(N)sn1. The molecule has 0 bridgehead atoms. The number of hydrogen-bond acceptors (Lipinski definition) is 3. The maximum atomic E-state index is 5.62. The minimum Gasteiger partial charge on any atom is -0.389 e. The van der Waals surface area contributed by atoms with Crippen molar-refractivity contribution in [3.8, 4) is 0 Å². The Morgan fingerprint density at radius 3 is 2.50 bits per heavy atom. The molecule has 16 heavy (non-hydrogen) atoms. The fourth-order valence-corrected chi connectivity index (χ4v) is 2.30. The van der Waals surface area contributed by atoms with E-state index in [2.05, 4.69) is 11.0 Å². The highest BCUT2D eigenvalue weighted by atomic mass is 32.1. The Morgan fingerprint density at radius 1 is 1.19 bits per heavy atom. The quantitative estimate of drug-likeness (QED) is 0.517. The van der Waals surface area contributed by atoms with E-state index in [1.54, 1.807) is 0 Å². The van der Waals surface area contributed by atoms with Crippen molar-refractivity contribution >= 4 is 16.5 Å². The lowest BCUT2D eigenvalue weighted by Gasteiger charge is -1.99. The van der Waals surface area contributed by atoms with Crippen LogP contribution in [0.4, 0.5) is 5.00 Å². The standard InChI is InChI=1S/C13H22N2S/c1-2-3-4-5-6-7-8-9-10-12-11-13(14)16-15-12/h2,11H,1,3-10,14H2. The van der Waals surface area contributed by atoms with Crippen LogP contribution in [0.1, 0.15) is 50.6 Å². The van der Waals surface area contributed by atoms with Gasteiger partial charge in [0.1, 0.15) is 5.00 Å². The Bertz CT molecular complexity index is 294. The second-order valence-corrected chi connectivity index (χ2v) is 5.01. The molecule has 0 radical (unpaired) electrons. The van der Waals surface area contributed by atoms with Crippen LogP contribution in [0.3, 0.4) is 0 Å². The first kappa shape index (κ1) is 13.2. The van der Waals surface area contributed by atoms with Crippen LogP contribution in [0, 0.1) is 0 Å². The average molecular weight is 238 g/mol. The summed E-state index contributed by atoms with van der Waals surface area (Å²) in [6, 6.07) is 1.99. The molecule has 3 heteroatoms. The number of nitrogen functional groups attached to an aromatic ring is 1. The number of nitrogens with zero attached hydrogens (tertiary/aromatic N) is 1. The molecule has 0 aromatic carbocycles. The van der Waals surface area contributed by atoms with Gasteiger partial charge < -0.3 is 5.73 Å². The fraction of sp³-hybridized carbons (Fsp3) is 0.615. The highest BCUT2D eigenvalue weighted by molar-refractivity contribution is 7.10. The molecule has 0 fully saturated rings. The largest absolute Gasteiger partial charge is 0.389 e. The molecule has 0 unspecified atom stereocenters. The monoisotopic (exact) mass is 238 g/mol. The summed E-state index contributed by atoms with van der Waals surface area (Å²) in [4.78, 5) is 0. The zero-order valence-electron chi connectivity index (χ0n) is 9.95. The Morgan fingerprint density at radius 2 is 1.88 bits per heavy atom. The van der Waals surface area contributed by atoms with Crippen molar-refractivity contribution in [2.24, 2.45) is 0 Å². The summed E-state index contributed by atoms with van der Waals surface area (Å²) in [5, 5.41) is 0.833. The van der Waals surface area contributed by atoms with Gasteiger partial charge in [-0.1, -0.05) is 31.8 Å². The van der Waals surface area contributed by atoms with Crippen LogP contribution in [0.2, 0.25) is 0 Å². The molecule has 2 nitrogen and oxygen atoms in total. The molecule has 0 spiro atoms. The summed E-state index contributed by atoms with van der Waals surface area (Å²) in [6.07, 6.45) is 12.1. The number of allylic oxidation sites excluding steroid dienone is 1. The van der Waals surface area contributed by atoms with Gasteiger partial charge in [0.05, 0.1) is 5.69 Å². The van der Waals surface area contributed by atoms with E-state index in [0.29, 0.717) is 0 Å². The number of unbranched alkanes of at least 4 members (excludes halogenated alkanes) is 6. The van der Waals surface area contributed by atoms with E-state index in [0.717, 1.165) is 23.5 Å². The van der Waals surface area contributed by atoms with Crippen molar-refractivity contribution < 1.29 is 0 Å². The van der Waals surface area contributed by atoms with E-state index < -0.39 is 0 Å². The van der Waals surface area contributed by atoms with Crippen molar-refractivity contribution in [2.75, 3.05) is 5.73 Å². The number of nitrogens with two attached hydrogens (primary N) is 1. The van der Waals surface area contributed by atoms with Gasteiger partial charge in [-0.15, -0.1) is 6.58 Å². The van der Waals surface area contributed by atoms with Gasteiger partial charge in [0.15, 0.2) is 0 Å². The second kappa shape index (κ2) is 8.34. The van der Waals surface area contributed by atoms with Gasteiger partial charge in [0, 0.05) is 0 Å². The summed E-state index contributed by atoms with van der Waals surface area (Å²) in [7, 11) is 0. The summed E-state index contributed by atoms with van der Waals surface area (Å²) in [6.45, 7) is 3.73. The predicted octanol–water partition coefficient (Wildman–Crippen LogP) is 4.18. The molecule has 1 heterocycles. The van der Waals surface area contributed by atoms with E-state index >= 15 is 0 Å². The highest BCUT2D eigenvalue weighted by Crippen LogP contribution is 2.15. The van der Waals surface area contributed by atoms with Gasteiger partial charge >= 0.3 is 0 Å². The molecule has 0 saturated heterocycles. The molecule has 90 valence electrons. The minimum absolute atomic E-state index is 0.833. The number of aryl methyl sites for hydroxylation is 1. The normalized spacial score (nSPS) is 10.5. The lowest BCUT2D eigenvalue weighted by molar-refractivity contribution is 0.595. The average Bonchev–Trinajstić information content (AvgIpc) is 2.68. The second-order valence-electron chi connectivity index (χ2n) is 4.17. The van der Waals surface area contributed by atoms with Gasteiger partial charge in [0.2, 0.25) is 0 Å². The summed E-state index contributed by atoms with van der Waals surface area (Å²) < 4.78 is 4.28. The van der Waals surface area contributed by atoms with Crippen molar-refractivity contribution in [2.45, 2.75) is 51.4 Å². The maximum Gasteiger partial charge on any atom is 0.107 e. The molecular formula is C13H22N2S. The third-order valence-electron chi connectivity index (χ3n) is 2.67. The molecule has 0 saturated carbocycles. The summed E-state index contributed by atoms with van der Waals surface area (Å²) >= 11 is 1.40. The zero-order valence-corrected chi connectivity index (χ0v) is 10.8. The van der Waals surface area contributed by atoms with Gasteiger partial charge in [-0.05, 0) is 43.3 Å². The van der Waals surface area contributed by atoms with Crippen LogP contribution in [-0.4, -0.2) is 4.37 Å². The highest BCUT2D eigenvalue weighted by Gasteiger charge is 1.98. The molecule has 0 atom stereocenters. The van der Waals surface area contributed by atoms with Crippen molar-refractivity contribution in [3.63, 3.8) is 0 Å². The van der Waals surface area contributed by atoms with E-state index in [-0.39, 0.29) is 0 Å². The van der Waals surface area contributed by atoms with Crippen LogP contribution in [-0.2, 0) is 6.42 Å². The van der Waals surface area contributed by atoms with Crippen molar-refractivity contribution in [3.05, 3.63) is 24.4 Å². The number of rotatable bonds is 9. The Labute approximate surface area is 103 Å². The van der Waals surface area contributed by atoms with E-state index in [1.807, 2.05) is 12.1 Å². The van der Waals surface area contributed by atoms with Crippen LogP contribution in [0.5, 0.6) is 0 Å². The molecule has 0 aliphatic carbocycles. The van der Waals surface area contributed by atoms with E-state index in [1.165, 1.54) is 50.1 Å². The van der Waals surface area contributed by atoms with Crippen molar-refractivity contribution in [1.29, 1.82) is 0 Å². The van der Waals surface area contributed by atoms with Gasteiger partial charge in [-0.3, -0.25) is 0 Å². The third kappa shape index (κ3) is 5.91. The Balaban J connectivity index is 1.90. The zero-order chi connectivity index (χ0) is 11.6. The Kier molecular flexibility index (Phi) is 6.90. The van der Waals surface area contributed by atoms with E-state index in [9.17, 15) is 0 Å². The van der Waals surface area contributed by atoms with Gasteiger partial charge in [-0.2, -0.15) is 4.37 Å². The van der Waals surface area contributed by atoms with Crippen LogP contribution < -0.4 is 5.73 Å². The van der Waals surface area contributed by atoms with Gasteiger partial charge in [-0.25, -0.2) is 0 Å². The molecule has 0 amide bonds. The van der Waals surface area contributed by atoms with Crippen LogP contribution in [0.15, 0.2) is 18.7 Å². The molecule has 0 aliphatic rings. The summed E-state index contributed by atoms with van der Waals surface area (Å²) in [5.41, 5.74) is 6.79. The topological polar surface area (TPSA) is 38.9 Å². The van der Waals surface area contributed by atoms with Crippen molar-refractivity contribution in [1.82, 2.24) is 4.37 Å². The fourth-order valence-electron chi connectivity index (χ4n) is 1.75. The lowest BCUT2D eigenvalue weighted by atomic mass is 10.1. The number of aromatic nitrogens is 1. The third-order valence-corrected chi connectivity index (χ3v) is 3.32. The smallest absolute Gasteiger partial charge is 0.107 e. The minimum atomic E-state index is 0.833.